The maximum absolute atomic E-state index is 12.1. The Morgan fingerprint density at radius 1 is 1.08 bits per heavy atom. The summed E-state index contributed by atoms with van der Waals surface area (Å²) in [4.78, 5) is 20.9. The van der Waals surface area contributed by atoms with E-state index >= 15 is 0 Å². The smallest absolute Gasteiger partial charge is 0.315 e. The average molecular weight is 365 g/mol. The molecule has 0 saturated heterocycles. The van der Waals surface area contributed by atoms with Crippen molar-refractivity contribution in [3.8, 4) is 5.75 Å². The second kappa shape index (κ2) is 8.49. The average Bonchev–Trinajstić information content (AvgIpc) is 2.62. The molecule has 0 amide bonds. The van der Waals surface area contributed by atoms with Crippen LogP contribution in [0.3, 0.4) is 0 Å². The minimum absolute atomic E-state index is 0.237. The number of carbonyl (C=O) groups is 1. The summed E-state index contributed by atoms with van der Waals surface area (Å²) >= 11 is 1.49. The van der Waals surface area contributed by atoms with Gasteiger partial charge in [0.25, 0.3) is 0 Å². The number of anilines is 2. The normalized spacial score (nSPS) is 10.4. The standard InChI is InChI=1S/C20H19N3O2S/c1-14-11-18(23-20(21-14)26-2)22-16-9-6-10-17(13-16)25-19(24)12-15-7-4-3-5-8-15/h3-11,13H,12H2,1-2H3,(H,21,22,23). The predicted octanol–water partition coefficient (Wildman–Crippen LogP) is 4.40. The molecule has 0 radical (unpaired) electrons. The van der Waals surface area contributed by atoms with Gasteiger partial charge in [-0.15, -0.1) is 0 Å². The maximum Gasteiger partial charge on any atom is 0.315 e. The van der Waals surface area contributed by atoms with Crippen LogP contribution < -0.4 is 10.1 Å². The van der Waals surface area contributed by atoms with E-state index in [0.29, 0.717) is 16.7 Å². The van der Waals surface area contributed by atoms with Crippen LogP contribution in [-0.2, 0) is 11.2 Å². The Morgan fingerprint density at radius 3 is 2.65 bits per heavy atom. The lowest BCUT2D eigenvalue weighted by molar-refractivity contribution is -0.133. The van der Waals surface area contributed by atoms with E-state index in [1.165, 1.54) is 11.8 Å². The first-order valence-electron chi connectivity index (χ1n) is 8.14. The molecule has 0 bridgehead atoms. The second-order valence-electron chi connectivity index (χ2n) is 5.67. The van der Waals surface area contributed by atoms with Gasteiger partial charge >= 0.3 is 5.97 Å². The Labute approximate surface area is 156 Å². The van der Waals surface area contributed by atoms with Crippen molar-refractivity contribution < 1.29 is 9.53 Å². The molecule has 26 heavy (non-hydrogen) atoms. The molecular formula is C20H19N3O2S. The Balaban J connectivity index is 1.68. The minimum Gasteiger partial charge on any atom is -0.426 e. The number of carbonyl (C=O) groups excluding carboxylic acids is 1. The third-order valence-electron chi connectivity index (χ3n) is 3.55. The van der Waals surface area contributed by atoms with Gasteiger partial charge in [-0.25, -0.2) is 9.97 Å². The number of hydrogen-bond acceptors (Lipinski definition) is 6. The van der Waals surface area contributed by atoms with Crippen molar-refractivity contribution in [2.24, 2.45) is 0 Å². The van der Waals surface area contributed by atoms with Gasteiger partial charge in [0.15, 0.2) is 5.16 Å². The lowest BCUT2D eigenvalue weighted by Crippen LogP contribution is -2.11. The fourth-order valence-electron chi connectivity index (χ4n) is 2.41. The molecule has 5 nitrogen and oxygen atoms in total. The van der Waals surface area contributed by atoms with E-state index in [1.807, 2.05) is 61.7 Å². The van der Waals surface area contributed by atoms with Gasteiger partial charge in [0, 0.05) is 23.5 Å². The molecule has 1 heterocycles. The third kappa shape index (κ3) is 5.07. The number of aryl methyl sites for hydroxylation is 1. The monoisotopic (exact) mass is 365 g/mol. The van der Waals surface area contributed by atoms with Crippen LogP contribution in [0.25, 0.3) is 0 Å². The molecule has 6 heteroatoms. The number of aromatic nitrogens is 2. The molecule has 0 aliphatic carbocycles. The van der Waals surface area contributed by atoms with Crippen molar-refractivity contribution >= 4 is 29.2 Å². The Kier molecular flexibility index (Phi) is 5.86. The Bertz CT molecular complexity index is 901. The van der Waals surface area contributed by atoms with Crippen molar-refractivity contribution in [2.75, 3.05) is 11.6 Å². The zero-order chi connectivity index (χ0) is 18.4. The number of thioether (sulfide) groups is 1. The number of ether oxygens (including phenoxy) is 1. The first-order chi connectivity index (χ1) is 12.6. The summed E-state index contributed by atoms with van der Waals surface area (Å²) in [5, 5.41) is 3.93. The number of esters is 1. The van der Waals surface area contributed by atoms with E-state index in [4.69, 9.17) is 4.74 Å². The summed E-state index contributed by atoms with van der Waals surface area (Å²) in [5.41, 5.74) is 2.60. The van der Waals surface area contributed by atoms with Crippen LogP contribution in [0.5, 0.6) is 5.75 Å². The SMILES string of the molecule is CSc1nc(C)cc(Nc2cccc(OC(=O)Cc3ccccc3)c2)n1. The Morgan fingerprint density at radius 2 is 1.88 bits per heavy atom. The molecule has 0 atom stereocenters. The van der Waals surface area contributed by atoms with Crippen LogP contribution >= 0.6 is 11.8 Å². The van der Waals surface area contributed by atoms with Crippen LogP contribution in [0.1, 0.15) is 11.3 Å². The van der Waals surface area contributed by atoms with Crippen LogP contribution in [-0.4, -0.2) is 22.2 Å². The van der Waals surface area contributed by atoms with Gasteiger partial charge in [-0.3, -0.25) is 4.79 Å². The molecule has 0 fully saturated rings. The quantitative estimate of drug-likeness (QED) is 0.302. The molecular weight excluding hydrogens is 346 g/mol. The minimum atomic E-state index is -0.295. The zero-order valence-corrected chi connectivity index (χ0v) is 15.4. The van der Waals surface area contributed by atoms with E-state index in [0.717, 1.165) is 16.9 Å². The molecule has 3 rings (SSSR count). The molecule has 3 aromatic rings. The summed E-state index contributed by atoms with van der Waals surface area (Å²) < 4.78 is 5.45. The molecule has 0 saturated carbocycles. The summed E-state index contributed by atoms with van der Waals surface area (Å²) in [6.45, 7) is 1.92. The van der Waals surface area contributed by atoms with E-state index in [2.05, 4.69) is 15.3 Å². The number of rotatable bonds is 6. The molecule has 0 spiro atoms. The van der Waals surface area contributed by atoms with Gasteiger partial charge in [0.05, 0.1) is 6.42 Å². The van der Waals surface area contributed by atoms with Crippen LogP contribution in [0, 0.1) is 6.92 Å². The molecule has 132 valence electrons. The lowest BCUT2D eigenvalue weighted by Gasteiger charge is -2.10. The lowest BCUT2D eigenvalue weighted by atomic mass is 10.1. The van der Waals surface area contributed by atoms with Gasteiger partial charge in [-0.2, -0.15) is 0 Å². The van der Waals surface area contributed by atoms with Gasteiger partial charge in [-0.1, -0.05) is 48.2 Å². The fraction of sp³-hybridized carbons (Fsp3) is 0.150. The molecule has 0 aliphatic rings. The number of benzene rings is 2. The van der Waals surface area contributed by atoms with Gasteiger partial charge in [0.2, 0.25) is 0 Å². The third-order valence-corrected chi connectivity index (χ3v) is 4.09. The summed E-state index contributed by atoms with van der Waals surface area (Å²) in [5.74, 6) is 0.900. The maximum atomic E-state index is 12.1. The molecule has 0 unspecified atom stereocenters. The first-order valence-corrected chi connectivity index (χ1v) is 9.36. The highest BCUT2D eigenvalue weighted by Gasteiger charge is 2.08. The highest BCUT2D eigenvalue weighted by Crippen LogP contribution is 2.22. The van der Waals surface area contributed by atoms with Crippen LogP contribution in [0.2, 0.25) is 0 Å². The van der Waals surface area contributed by atoms with Crippen molar-refractivity contribution in [1.82, 2.24) is 9.97 Å². The number of hydrogen-bond donors (Lipinski definition) is 1. The van der Waals surface area contributed by atoms with Crippen LogP contribution in [0.4, 0.5) is 11.5 Å². The summed E-state index contributed by atoms with van der Waals surface area (Å²) in [6, 6.07) is 18.7. The number of nitrogens with one attached hydrogen (secondary N) is 1. The summed E-state index contributed by atoms with van der Waals surface area (Å²) in [7, 11) is 0. The van der Waals surface area contributed by atoms with Gasteiger partial charge in [-0.05, 0) is 30.9 Å². The van der Waals surface area contributed by atoms with Crippen molar-refractivity contribution in [3.05, 3.63) is 71.9 Å². The Hall–Kier alpha value is -2.86. The van der Waals surface area contributed by atoms with Crippen LogP contribution in [0.15, 0.2) is 65.8 Å². The molecule has 2 aromatic carbocycles. The van der Waals surface area contributed by atoms with E-state index in [9.17, 15) is 4.79 Å². The fourth-order valence-corrected chi connectivity index (χ4v) is 2.84. The predicted molar refractivity (Wildman–Crippen MR) is 104 cm³/mol. The molecule has 1 aromatic heterocycles. The van der Waals surface area contributed by atoms with E-state index in [1.54, 1.807) is 12.1 Å². The molecule has 1 N–H and O–H groups in total. The largest absolute Gasteiger partial charge is 0.426 e. The van der Waals surface area contributed by atoms with Crippen molar-refractivity contribution in [1.29, 1.82) is 0 Å². The summed E-state index contributed by atoms with van der Waals surface area (Å²) in [6.07, 6.45) is 2.17. The number of nitrogens with zero attached hydrogens (tertiary/aromatic N) is 2. The highest BCUT2D eigenvalue weighted by molar-refractivity contribution is 7.98. The van der Waals surface area contributed by atoms with Gasteiger partial charge in [0.1, 0.15) is 11.6 Å². The highest BCUT2D eigenvalue weighted by atomic mass is 32.2. The molecule has 0 aliphatic heterocycles. The van der Waals surface area contributed by atoms with Crippen molar-refractivity contribution in [3.63, 3.8) is 0 Å². The van der Waals surface area contributed by atoms with E-state index < -0.39 is 0 Å². The first kappa shape index (κ1) is 17.9. The topological polar surface area (TPSA) is 64.1 Å². The van der Waals surface area contributed by atoms with Gasteiger partial charge < -0.3 is 10.1 Å². The van der Waals surface area contributed by atoms with E-state index in [-0.39, 0.29) is 12.4 Å². The second-order valence-corrected chi connectivity index (χ2v) is 6.44. The zero-order valence-electron chi connectivity index (χ0n) is 14.6. The van der Waals surface area contributed by atoms with Crippen molar-refractivity contribution in [2.45, 2.75) is 18.5 Å².